The first-order valence-corrected chi connectivity index (χ1v) is 14.8. The summed E-state index contributed by atoms with van der Waals surface area (Å²) in [4.78, 5) is 35.0. The molecule has 0 spiro atoms. The first-order valence-electron chi connectivity index (χ1n) is 13.2. The minimum absolute atomic E-state index is 0.0408. The summed E-state index contributed by atoms with van der Waals surface area (Å²) in [6.45, 7) is 1.62. The van der Waals surface area contributed by atoms with E-state index in [4.69, 9.17) is 4.18 Å². The molecule has 6 rings (SSSR count). The van der Waals surface area contributed by atoms with Crippen LogP contribution in [0.4, 0.5) is 4.39 Å². The molecule has 0 radical (unpaired) electrons. The van der Waals surface area contributed by atoms with Crippen LogP contribution in [0.25, 0.3) is 0 Å². The number of nitrogens with zero attached hydrogens (tertiary/aromatic N) is 4. The Bertz CT molecular complexity index is 1710. The van der Waals surface area contributed by atoms with Gasteiger partial charge in [0.05, 0.1) is 0 Å². The SMILES string of the molecule is O=C1c2c(OS(=O)(=O)Cc3ccccc3)c3n(c2CCN1Cc1ccncc1)CCN(Cc1ccc(F)cc1)C3=O. The molecule has 2 aliphatic heterocycles. The van der Waals surface area contributed by atoms with Crippen molar-refractivity contribution in [3.63, 3.8) is 0 Å². The first-order chi connectivity index (χ1) is 19.8. The van der Waals surface area contributed by atoms with Crippen LogP contribution in [0.15, 0.2) is 79.1 Å². The number of pyridine rings is 1. The Morgan fingerprint density at radius 3 is 2.15 bits per heavy atom. The van der Waals surface area contributed by atoms with Gasteiger partial charge < -0.3 is 18.6 Å². The van der Waals surface area contributed by atoms with Crippen LogP contribution in [-0.4, -0.2) is 52.7 Å². The highest BCUT2D eigenvalue weighted by Gasteiger charge is 2.41. The zero-order valence-corrected chi connectivity index (χ0v) is 22.9. The molecule has 4 aromatic rings. The lowest BCUT2D eigenvalue weighted by Crippen LogP contribution is -2.41. The van der Waals surface area contributed by atoms with Gasteiger partial charge in [-0.1, -0.05) is 42.5 Å². The number of fused-ring (bicyclic) bond motifs is 3. The Balaban J connectivity index is 1.38. The molecule has 0 bridgehead atoms. The Hall–Kier alpha value is -4.51. The summed E-state index contributed by atoms with van der Waals surface area (Å²) in [6, 6.07) is 18.0. The van der Waals surface area contributed by atoms with E-state index in [0.717, 1.165) is 11.1 Å². The summed E-state index contributed by atoms with van der Waals surface area (Å²) < 4.78 is 47.5. The molecule has 2 aliphatic rings. The number of rotatable bonds is 8. The predicted molar refractivity (Wildman–Crippen MR) is 148 cm³/mol. The lowest BCUT2D eigenvalue weighted by molar-refractivity contribution is 0.0681. The highest BCUT2D eigenvalue weighted by atomic mass is 32.2. The minimum atomic E-state index is -4.23. The minimum Gasteiger partial charge on any atom is -0.379 e. The molecule has 0 aliphatic carbocycles. The van der Waals surface area contributed by atoms with E-state index < -0.39 is 27.7 Å². The van der Waals surface area contributed by atoms with Crippen LogP contribution in [0.5, 0.6) is 5.75 Å². The third-order valence-electron chi connectivity index (χ3n) is 7.34. The highest BCUT2D eigenvalue weighted by molar-refractivity contribution is 7.86. The number of hydrogen-bond donors (Lipinski definition) is 0. The van der Waals surface area contributed by atoms with Crippen molar-refractivity contribution in [2.45, 2.75) is 31.8 Å². The Kier molecular flexibility index (Phi) is 7.04. The van der Waals surface area contributed by atoms with Crippen LogP contribution in [0, 0.1) is 5.82 Å². The number of hydrogen-bond acceptors (Lipinski definition) is 6. The molecule has 210 valence electrons. The average Bonchev–Trinajstić information content (AvgIpc) is 3.27. The zero-order valence-electron chi connectivity index (χ0n) is 22.1. The van der Waals surface area contributed by atoms with Gasteiger partial charge in [-0.05, 0) is 41.0 Å². The van der Waals surface area contributed by atoms with Crippen molar-refractivity contribution in [2.75, 3.05) is 13.1 Å². The van der Waals surface area contributed by atoms with Gasteiger partial charge in [-0.2, -0.15) is 8.42 Å². The molecular weight excluding hydrogens is 547 g/mol. The number of halogens is 1. The summed E-state index contributed by atoms with van der Waals surface area (Å²) in [5.41, 5.74) is 2.86. The molecule has 0 unspecified atom stereocenters. The van der Waals surface area contributed by atoms with Gasteiger partial charge in [0.15, 0.2) is 11.4 Å². The standard InChI is InChI=1S/C30H27FN4O5S/c31-24-8-6-21(7-9-24)18-34-16-17-35-25-12-15-33(19-22-10-13-32-14-11-22)29(36)26(25)28(27(35)30(34)37)40-41(38,39)20-23-4-2-1-3-5-23/h1-11,13-14H,12,15-20H2. The molecule has 41 heavy (non-hydrogen) atoms. The number of carbonyl (C=O) groups is 2. The predicted octanol–water partition coefficient (Wildman–Crippen LogP) is 3.79. The van der Waals surface area contributed by atoms with Gasteiger partial charge >= 0.3 is 10.1 Å². The van der Waals surface area contributed by atoms with E-state index in [0.29, 0.717) is 43.9 Å². The van der Waals surface area contributed by atoms with Crippen LogP contribution in [0.2, 0.25) is 0 Å². The van der Waals surface area contributed by atoms with E-state index in [1.54, 1.807) is 69.2 Å². The lowest BCUT2D eigenvalue weighted by Gasteiger charge is -2.31. The van der Waals surface area contributed by atoms with Crippen molar-refractivity contribution in [1.29, 1.82) is 0 Å². The van der Waals surface area contributed by atoms with Crippen molar-refractivity contribution in [3.8, 4) is 5.75 Å². The van der Waals surface area contributed by atoms with E-state index in [2.05, 4.69) is 4.98 Å². The number of benzene rings is 2. The van der Waals surface area contributed by atoms with E-state index in [1.165, 1.54) is 12.1 Å². The molecule has 0 fully saturated rings. The van der Waals surface area contributed by atoms with Crippen molar-refractivity contribution in [1.82, 2.24) is 19.4 Å². The van der Waals surface area contributed by atoms with Crippen molar-refractivity contribution in [3.05, 3.63) is 119 Å². The molecular formula is C30H27FN4O5S. The molecule has 4 heterocycles. The average molecular weight is 575 g/mol. The van der Waals surface area contributed by atoms with Crippen molar-refractivity contribution < 1.29 is 26.6 Å². The van der Waals surface area contributed by atoms with Crippen LogP contribution in [-0.2, 0) is 41.9 Å². The first kappa shape index (κ1) is 26.7. The quantitative estimate of drug-likeness (QED) is 0.297. The van der Waals surface area contributed by atoms with Crippen LogP contribution in [0.3, 0.4) is 0 Å². The van der Waals surface area contributed by atoms with E-state index in [9.17, 15) is 22.4 Å². The molecule has 0 saturated carbocycles. The van der Waals surface area contributed by atoms with E-state index >= 15 is 0 Å². The second-order valence-corrected chi connectivity index (χ2v) is 11.7. The number of aromatic nitrogens is 2. The molecule has 0 atom stereocenters. The summed E-state index contributed by atoms with van der Waals surface area (Å²) in [6.07, 6.45) is 3.73. The number of amides is 2. The fraction of sp³-hybridized carbons (Fsp3) is 0.233. The van der Waals surface area contributed by atoms with Crippen LogP contribution in [0.1, 0.15) is 43.2 Å². The largest absolute Gasteiger partial charge is 0.379 e. The zero-order chi connectivity index (χ0) is 28.6. The fourth-order valence-corrected chi connectivity index (χ4v) is 6.47. The van der Waals surface area contributed by atoms with Crippen LogP contribution >= 0.6 is 0 Å². The lowest BCUT2D eigenvalue weighted by atomic mass is 10.1. The summed E-state index contributed by atoms with van der Waals surface area (Å²) in [5, 5.41) is 0. The van der Waals surface area contributed by atoms with Crippen molar-refractivity contribution in [2.24, 2.45) is 0 Å². The summed E-state index contributed by atoms with van der Waals surface area (Å²) in [7, 11) is -4.23. The van der Waals surface area contributed by atoms with Gasteiger partial charge in [-0.3, -0.25) is 14.6 Å². The van der Waals surface area contributed by atoms with Gasteiger partial charge in [0.25, 0.3) is 11.8 Å². The van der Waals surface area contributed by atoms with Crippen molar-refractivity contribution >= 4 is 21.9 Å². The molecule has 0 saturated heterocycles. The molecule has 11 heteroatoms. The normalized spacial score (nSPS) is 15.0. The second kappa shape index (κ2) is 10.8. The third-order valence-corrected chi connectivity index (χ3v) is 8.44. The van der Waals surface area contributed by atoms with Gasteiger partial charge in [0.1, 0.15) is 17.1 Å². The number of carbonyl (C=O) groups excluding carboxylic acids is 2. The molecule has 2 aromatic heterocycles. The Morgan fingerprint density at radius 1 is 0.780 bits per heavy atom. The molecule has 2 amide bonds. The van der Waals surface area contributed by atoms with Gasteiger partial charge in [-0.25, -0.2) is 4.39 Å². The van der Waals surface area contributed by atoms with Gasteiger partial charge in [0, 0.05) is 57.2 Å². The van der Waals surface area contributed by atoms with E-state index in [-0.39, 0.29) is 29.4 Å². The summed E-state index contributed by atoms with van der Waals surface area (Å²) >= 11 is 0. The van der Waals surface area contributed by atoms with Crippen LogP contribution < -0.4 is 4.18 Å². The second-order valence-electron chi connectivity index (χ2n) is 10.1. The fourth-order valence-electron chi connectivity index (χ4n) is 5.39. The topological polar surface area (TPSA) is 102 Å². The summed E-state index contributed by atoms with van der Waals surface area (Å²) in [5.74, 6) is -1.87. The monoisotopic (exact) mass is 574 g/mol. The molecule has 0 N–H and O–H groups in total. The van der Waals surface area contributed by atoms with E-state index in [1.807, 2.05) is 12.1 Å². The Labute approximate surface area is 236 Å². The highest BCUT2D eigenvalue weighted by Crippen LogP contribution is 2.39. The smallest absolute Gasteiger partial charge is 0.313 e. The third kappa shape index (κ3) is 5.45. The maximum Gasteiger partial charge on any atom is 0.313 e. The molecule has 9 nitrogen and oxygen atoms in total. The maximum absolute atomic E-state index is 13.9. The van der Waals surface area contributed by atoms with Gasteiger partial charge in [-0.15, -0.1) is 0 Å². The van der Waals surface area contributed by atoms with Gasteiger partial charge in [0.2, 0.25) is 0 Å². The maximum atomic E-state index is 13.9. The Morgan fingerprint density at radius 2 is 1.44 bits per heavy atom. The molecule has 2 aromatic carbocycles.